The third-order valence-corrected chi connectivity index (χ3v) is 4.99. The van der Waals surface area contributed by atoms with Crippen molar-refractivity contribution in [2.75, 3.05) is 18.1 Å². The van der Waals surface area contributed by atoms with Crippen LogP contribution in [0, 0.1) is 0 Å². The van der Waals surface area contributed by atoms with Crippen molar-refractivity contribution in [3.8, 4) is 5.82 Å². The number of amides is 2. The molecule has 122 valence electrons. The van der Waals surface area contributed by atoms with E-state index in [1.807, 2.05) is 39.6 Å². The van der Waals surface area contributed by atoms with E-state index in [1.165, 1.54) is 0 Å². The van der Waals surface area contributed by atoms with Crippen LogP contribution in [-0.2, 0) is 6.54 Å². The number of urea groups is 1. The predicted octanol–water partition coefficient (Wildman–Crippen LogP) is 2.30. The SMILES string of the molecule is C[C@@H]1CCSCCN1C(=O)NCc1cccnc1-n1ccnc1. The molecule has 0 spiro atoms. The Kier molecular flexibility index (Phi) is 5.17. The molecule has 0 aromatic carbocycles. The molecule has 6 nitrogen and oxygen atoms in total. The third kappa shape index (κ3) is 3.85. The number of thioether (sulfide) groups is 1. The Morgan fingerprint density at radius 3 is 3.17 bits per heavy atom. The molecule has 2 amide bonds. The van der Waals surface area contributed by atoms with Crippen LogP contribution < -0.4 is 5.32 Å². The largest absolute Gasteiger partial charge is 0.334 e. The second-order valence-corrected chi connectivity index (χ2v) is 6.78. The average molecular weight is 331 g/mol. The third-order valence-electron chi connectivity index (χ3n) is 4.00. The molecule has 3 rings (SSSR count). The molecule has 1 atom stereocenters. The zero-order chi connectivity index (χ0) is 16.1. The second-order valence-electron chi connectivity index (χ2n) is 5.56. The van der Waals surface area contributed by atoms with Gasteiger partial charge in [0, 0.05) is 49.0 Å². The topological polar surface area (TPSA) is 63.1 Å². The summed E-state index contributed by atoms with van der Waals surface area (Å²) in [6, 6.07) is 4.14. The van der Waals surface area contributed by atoms with E-state index < -0.39 is 0 Å². The molecular formula is C16H21N5OS. The number of nitrogens with zero attached hydrogens (tertiary/aromatic N) is 4. The first kappa shape index (κ1) is 15.9. The van der Waals surface area contributed by atoms with Crippen molar-refractivity contribution >= 4 is 17.8 Å². The minimum absolute atomic E-state index is 0.000402. The molecule has 1 fully saturated rings. The molecule has 1 aliphatic heterocycles. The summed E-state index contributed by atoms with van der Waals surface area (Å²) in [6.07, 6.45) is 8.07. The highest BCUT2D eigenvalue weighted by atomic mass is 32.2. The molecule has 23 heavy (non-hydrogen) atoms. The fourth-order valence-electron chi connectivity index (χ4n) is 2.65. The second kappa shape index (κ2) is 7.50. The van der Waals surface area contributed by atoms with Crippen LogP contribution in [0.4, 0.5) is 4.79 Å². The number of carbonyl (C=O) groups excluding carboxylic acids is 1. The van der Waals surface area contributed by atoms with Gasteiger partial charge in [-0.3, -0.25) is 4.57 Å². The van der Waals surface area contributed by atoms with Gasteiger partial charge in [0.05, 0.1) is 0 Å². The van der Waals surface area contributed by atoms with Crippen molar-refractivity contribution in [2.24, 2.45) is 0 Å². The normalized spacial score (nSPS) is 18.5. The molecule has 1 saturated heterocycles. The summed E-state index contributed by atoms with van der Waals surface area (Å²) in [5, 5.41) is 3.03. The fourth-order valence-corrected chi connectivity index (χ4v) is 3.69. The van der Waals surface area contributed by atoms with Gasteiger partial charge >= 0.3 is 6.03 Å². The molecule has 1 N–H and O–H groups in total. The molecular weight excluding hydrogens is 310 g/mol. The van der Waals surface area contributed by atoms with Gasteiger partial charge in [0.2, 0.25) is 0 Å². The van der Waals surface area contributed by atoms with Gasteiger partial charge < -0.3 is 10.2 Å². The van der Waals surface area contributed by atoms with Crippen LogP contribution in [0.15, 0.2) is 37.1 Å². The number of aromatic nitrogens is 3. The van der Waals surface area contributed by atoms with Crippen LogP contribution in [0.2, 0.25) is 0 Å². The predicted molar refractivity (Wildman–Crippen MR) is 91.7 cm³/mol. The van der Waals surface area contributed by atoms with E-state index >= 15 is 0 Å². The van der Waals surface area contributed by atoms with Crippen molar-refractivity contribution in [1.82, 2.24) is 24.8 Å². The average Bonchev–Trinajstić information content (AvgIpc) is 3.02. The minimum atomic E-state index is 0.000402. The van der Waals surface area contributed by atoms with Crippen LogP contribution in [-0.4, -0.2) is 49.6 Å². The number of nitrogens with one attached hydrogen (secondary N) is 1. The van der Waals surface area contributed by atoms with Crippen molar-refractivity contribution in [2.45, 2.75) is 25.9 Å². The lowest BCUT2D eigenvalue weighted by Gasteiger charge is -2.27. The molecule has 3 heterocycles. The van der Waals surface area contributed by atoms with Crippen LogP contribution >= 0.6 is 11.8 Å². The Hall–Kier alpha value is -2.02. The van der Waals surface area contributed by atoms with Gasteiger partial charge in [-0.1, -0.05) is 6.07 Å². The van der Waals surface area contributed by atoms with Gasteiger partial charge in [0.15, 0.2) is 0 Å². The van der Waals surface area contributed by atoms with Crippen LogP contribution in [0.1, 0.15) is 18.9 Å². The van der Waals surface area contributed by atoms with Gasteiger partial charge in [-0.25, -0.2) is 14.8 Å². The Labute approximate surface area is 140 Å². The molecule has 0 aliphatic carbocycles. The molecule has 2 aromatic heterocycles. The first-order valence-electron chi connectivity index (χ1n) is 7.80. The summed E-state index contributed by atoms with van der Waals surface area (Å²) < 4.78 is 1.85. The summed E-state index contributed by atoms with van der Waals surface area (Å²) in [5.41, 5.74) is 0.968. The summed E-state index contributed by atoms with van der Waals surface area (Å²) in [7, 11) is 0. The lowest BCUT2D eigenvalue weighted by molar-refractivity contribution is 0.182. The van der Waals surface area contributed by atoms with Crippen LogP contribution in [0.25, 0.3) is 5.82 Å². The summed E-state index contributed by atoms with van der Waals surface area (Å²) in [6.45, 7) is 3.38. The van der Waals surface area contributed by atoms with Gasteiger partial charge in [0.25, 0.3) is 0 Å². The smallest absolute Gasteiger partial charge is 0.317 e. The van der Waals surface area contributed by atoms with E-state index in [0.717, 1.165) is 35.9 Å². The lowest BCUT2D eigenvalue weighted by Crippen LogP contribution is -2.45. The Balaban J connectivity index is 1.67. The molecule has 0 unspecified atom stereocenters. The zero-order valence-electron chi connectivity index (χ0n) is 13.2. The van der Waals surface area contributed by atoms with E-state index in [-0.39, 0.29) is 12.1 Å². The number of pyridine rings is 1. The quantitative estimate of drug-likeness (QED) is 0.937. The first-order valence-corrected chi connectivity index (χ1v) is 8.95. The number of imidazole rings is 1. The highest BCUT2D eigenvalue weighted by Crippen LogP contribution is 2.16. The molecule has 7 heteroatoms. The van der Waals surface area contributed by atoms with Crippen molar-refractivity contribution in [3.63, 3.8) is 0 Å². The first-order chi connectivity index (χ1) is 11.3. The molecule has 0 saturated carbocycles. The Morgan fingerprint density at radius 1 is 1.43 bits per heavy atom. The number of hydrogen-bond acceptors (Lipinski definition) is 4. The Bertz CT molecular complexity index is 646. The maximum Gasteiger partial charge on any atom is 0.317 e. The standard InChI is InChI=1S/C16H21N5OS/c1-13-4-9-23-10-8-21(13)16(22)19-11-14-3-2-5-18-15(14)20-7-6-17-12-20/h2-3,5-7,12-13H,4,8-11H2,1H3,(H,19,22)/t13-/m1/s1. The van der Waals surface area contributed by atoms with E-state index in [1.54, 1.807) is 18.7 Å². The van der Waals surface area contributed by atoms with E-state index in [4.69, 9.17) is 0 Å². The van der Waals surface area contributed by atoms with E-state index in [0.29, 0.717) is 6.54 Å². The fraction of sp³-hybridized carbons (Fsp3) is 0.438. The Morgan fingerprint density at radius 2 is 2.35 bits per heavy atom. The van der Waals surface area contributed by atoms with E-state index in [9.17, 15) is 4.79 Å². The number of hydrogen-bond donors (Lipinski definition) is 1. The van der Waals surface area contributed by atoms with Crippen molar-refractivity contribution < 1.29 is 4.79 Å². The number of carbonyl (C=O) groups is 1. The van der Waals surface area contributed by atoms with Gasteiger partial charge in [-0.2, -0.15) is 11.8 Å². The highest BCUT2D eigenvalue weighted by Gasteiger charge is 2.22. The van der Waals surface area contributed by atoms with Crippen molar-refractivity contribution in [3.05, 3.63) is 42.6 Å². The maximum absolute atomic E-state index is 12.5. The monoisotopic (exact) mass is 331 g/mol. The minimum Gasteiger partial charge on any atom is -0.334 e. The molecule has 0 bridgehead atoms. The maximum atomic E-state index is 12.5. The molecule has 1 aliphatic rings. The molecule has 0 radical (unpaired) electrons. The van der Waals surface area contributed by atoms with Crippen LogP contribution in [0.3, 0.4) is 0 Å². The summed E-state index contributed by atoms with van der Waals surface area (Å²) in [4.78, 5) is 22.9. The highest BCUT2D eigenvalue weighted by molar-refractivity contribution is 7.99. The van der Waals surface area contributed by atoms with E-state index in [2.05, 4.69) is 22.2 Å². The lowest BCUT2D eigenvalue weighted by atomic mass is 10.2. The van der Waals surface area contributed by atoms with Crippen molar-refractivity contribution in [1.29, 1.82) is 0 Å². The summed E-state index contributed by atoms with van der Waals surface area (Å²) in [5.74, 6) is 2.92. The van der Waals surface area contributed by atoms with Crippen LogP contribution in [0.5, 0.6) is 0 Å². The van der Waals surface area contributed by atoms with Gasteiger partial charge in [0.1, 0.15) is 12.1 Å². The number of rotatable bonds is 3. The summed E-state index contributed by atoms with van der Waals surface area (Å²) >= 11 is 1.91. The molecule has 2 aromatic rings. The van der Waals surface area contributed by atoms with Gasteiger partial charge in [-0.05, 0) is 25.2 Å². The van der Waals surface area contributed by atoms with Gasteiger partial charge in [-0.15, -0.1) is 0 Å². The zero-order valence-corrected chi connectivity index (χ0v) is 14.0.